The van der Waals surface area contributed by atoms with E-state index >= 15 is 0 Å². The third kappa shape index (κ3) is 4.72. The number of benzene rings is 3. The van der Waals surface area contributed by atoms with Gasteiger partial charge in [-0.15, -0.1) is 0 Å². The number of hydrogen-bond donors (Lipinski definition) is 2. The van der Waals surface area contributed by atoms with E-state index in [1.165, 1.54) is 19.2 Å². The van der Waals surface area contributed by atoms with Crippen LogP contribution in [0.2, 0.25) is 5.02 Å². The molecule has 1 heterocycles. The number of fused-ring (bicyclic) bond motifs is 1. The van der Waals surface area contributed by atoms with E-state index in [0.29, 0.717) is 30.6 Å². The quantitative estimate of drug-likeness (QED) is 0.301. The number of para-hydroxylation sites is 1. The summed E-state index contributed by atoms with van der Waals surface area (Å²) in [5, 5.41) is 16.1. The summed E-state index contributed by atoms with van der Waals surface area (Å²) < 4.78 is 19.1. The normalized spacial score (nSPS) is 19.8. The highest BCUT2D eigenvalue weighted by molar-refractivity contribution is 6.34. The van der Waals surface area contributed by atoms with Gasteiger partial charge in [-0.3, -0.25) is 9.59 Å². The Morgan fingerprint density at radius 2 is 1.95 bits per heavy atom. The van der Waals surface area contributed by atoms with Crippen LogP contribution in [0, 0.1) is 11.2 Å². The first-order valence-corrected chi connectivity index (χ1v) is 12.8. The molecule has 9 heteroatoms. The largest absolute Gasteiger partial charge is 0.495 e. The zero-order valence-corrected chi connectivity index (χ0v) is 21.6. The lowest BCUT2D eigenvalue weighted by molar-refractivity contribution is 0.0984. The minimum atomic E-state index is -0.600. The Morgan fingerprint density at radius 1 is 1.13 bits per heavy atom. The molecule has 3 aromatic rings. The number of anilines is 2. The number of carbonyl (C=O) groups excluding carboxylic acids is 2. The van der Waals surface area contributed by atoms with Crippen LogP contribution in [0.15, 0.2) is 65.8 Å². The Labute approximate surface area is 224 Å². The second kappa shape index (κ2) is 10.5. The van der Waals surface area contributed by atoms with Crippen molar-refractivity contribution in [2.45, 2.75) is 32.1 Å². The monoisotopic (exact) mass is 535 g/mol. The summed E-state index contributed by atoms with van der Waals surface area (Å²) in [6.45, 7) is 0.466. The summed E-state index contributed by atoms with van der Waals surface area (Å²) in [7, 11) is 1.44. The van der Waals surface area contributed by atoms with E-state index in [0.717, 1.165) is 42.3 Å². The number of hydrogen-bond acceptors (Lipinski definition) is 5. The predicted molar refractivity (Wildman–Crippen MR) is 144 cm³/mol. The zero-order valence-electron chi connectivity index (χ0n) is 20.8. The van der Waals surface area contributed by atoms with Crippen LogP contribution in [0.4, 0.5) is 15.8 Å². The van der Waals surface area contributed by atoms with Crippen molar-refractivity contribution in [2.24, 2.45) is 10.6 Å². The highest BCUT2D eigenvalue weighted by Crippen LogP contribution is 2.46. The number of halogens is 2. The van der Waals surface area contributed by atoms with Crippen molar-refractivity contribution in [2.75, 3.05) is 23.9 Å². The second-order valence-corrected chi connectivity index (χ2v) is 10.1. The molecule has 7 nitrogen and oxygen atoms in total. The molecular weight excluding hydrogens is 509 g/mol. The molecule has 0 aromatic heterocycles. The number of nitrogens with one attached hydrogen (secondary N) is 1. The number of nitrogens with zero attached hydrogens (tertiary/aromatic N) is 2. The Kier molecular flexibility index (Phi) is 7.08. The van der Waals surface area contributed by atoms with Crippen molar-refractivity contribution >= 4 is 40.5 Å². The lowest BCUT2D eigenvalue weighted by Crippen LogP contribution is -2.35. The minimum absolute atomic E-state index is 0.0123. The van der Waals surface area contributed by atoms with Crippen LogP contribution in [0.3, 0.4) is 0 Å². The predicted octanol–water partition coefficient (Wildman–Crippen LogP) is 6.33. The number of carbonyl (C=O) groups is 2. The van der Waals surface area contributed by atoms with Crippen molar-refractivity contribution < 1.29 is 23.9 Å². The van der Waals surface area contributed by atoms with E-state index in [9.17, 15) is 19.2 Å². The number of amides is 2. The maximum absolute atomic E-state index is 13.8. The molecule has 2 amide bonds. The Balaban J connectivity index is 1.43. The lowest BCUT2D eigenvalue weighted by atomic mass is 9.76. The zero-order chi connectivity index (χ0) is 26.9. The molecule has 196 valence electrons. The Morgan fingerprint density at radius 3 is 2.74 bits per heavy atom. The van der Waals surface area contributed by atoms with Gasteiger partial charge in [0.2, 0.25) is 0 Å². The molecule has 1 fully saturated rings. The first-order chi connectivity index (χ1) is 18.3. The van der Waals surface area contributed by atoms with Crippen molar-refractivity contribution in [3.63, 3.8) is 0 Å². The average molecular weight is 536 g/mol. The van der Waals surface area contributed by atoms with Crippen LogP contribution in [0.5, 0.6) is 5.75 Å². The summed E-state index contributed by atoms with van der Waals surface area (Å²) in [6, 6.07) is 16.1. The van der Waals surface area contributed by atoms with Gasteiger partial charge < -0.3 is 20.2 Å². The summed E-state index contributed by atoms with van der Waals surface area (Å²) >= 11 is 6.07. The van der Waals surface area contributed by atoms with E-state index in [4.69, 9.17) is 16.3 Å². The molecule has 38 heavy (non-hydrogen) atoms. The van der Waals surface area contributed by atoms with Crippen molar-refractivity contribution in [3.8, 4) is 5.75 Å². The molecule has 2 aliphatic rings. The molecule has 1 spiro atoms. The molecule has 5 rings (SSSR count). The average Bonchev–Trinajstić information content (AvgIpc) is 3.24. The third-order valence-corrected chi connectivity index (χ3v) is 7.87. The highest BCUT2D eigenvalue weighted by Gasteiger charge is 2.43. The lowest BCUT2D eigenvalue weighted by Gasteiger charge is -2.28. The van der Waals surface area contributed by atoms with E-state index in [2.05, 4.69) is 10.5 Å². The van der Waals surface area contributed by atoms with Crippen LogP contribution in [0.25, 0.3) is 0 Å². The van der Waals surface area contributed by atoms with Crippen LogP contribution in [-0.2, 0) is 6.42 Å². The molecule has 1 unspecified atom stereocenters. The molecule has 1 saturated carbocycles. The van der Waals surface area contributed by atoms with Gasteiger partial charge in [0.15, 0.2) is 0 Å². The fourth-order valence-corrected chi connectivity index (χ4v) is 5.80. The van der Waals surface area contributed by atoms with Gasteiger partial charge in [-0.2, -0.15) is 0 Å². The number of rotatable bonds is 4. The van der Waals surface area contributed by atoms with Crippen LogP contribution in [-0.4, -0.2) is 36.4 Å². The highest BCUT2D eigenvalue weighted by atomic mass is 35.5. The van der Waals surface area contributed by atoms with Gasteiger partial charge in [0.05, 0.1) is 29.1 Å². The molecule has 1 aliphatic carbocycles. The molecule has 0 radical (unpaired) electrons. The van der Waals surface area contributed by atoms with Crippen molar-refractivity contribution in [1.82, 2.24) is 0 Å². The molecule has 1 atom stereocenters. The standard InChI is InChI=1S/C29H27ClFN3O4/c1-38-25-15-18(8-11-23(25)32-27(35)21-16-20(31)9-10-22(21)30)28(36)34-14-13-29(12-4-7-26(29)33-37)17-19-5-2-3-6-24(19)34/h2-3,5-6,8-11,15-16,37H,4,7,12-14,17H2,1H3,(H,32,35)/b33-26+. The Bertz CT molecular complexity index is 1440. The SMILES string of the molecule is COc1cc(C(=O)N2CCC3(CCC/C3=N\O)Cc3ccccc32)ccc1NC(=O)c1cc(F)ccc1Cl. The first kappa shape index (κ1) is 25.7. The van der Waals surface area contributed by atoms with E-state index in [-0.39, 0.29) is 27.7 Å². The van der Waals surface area contributed by atoms with Crippen LogP contribution < -0.4 is 15.0 Å². The molecule has 1 aliphatic heterocycles. The maximum atomic E-state index is 13.8. The molecule has 0 saturated heterocycles. The van der Waals surface area contributed by atoms with Gasteiger partial charge in [0.25, 0.3) is 11.8 Å². The summed E-state index contributed by atoms with van der Waals surface area (Å²) in [6.07, 6.45) is 4.04. The van der Waals surface area contributed by atoms with E-state index < -0.39 is 11.7 Å². The summed E-state index contributed by atoms with van der Waals surface area (Å²) in [5.74, 6) is -1.11. The van der Waals surface area contributed by atoms with Gasteiger partial charge in [-0.25, -0.2) is 4.39 Å². The van der Waals surface area contributed by atoms with Gasteiger partial charge >= 0.3 is 0 Å². The summed E-state index contributed by atoms with van der Waals surface area (Å²) in [4.78, 5) is 28.3. The van der Waals surface area contributed by atoms with Gasteiger partial charge in [0.1, 0.15) is 11.6 Å². The van der Waals surface area contributed by atoms with Gasteiger partial charge in [0, 0.05) is 23.2 Å². The summed E-state index contributed by atoms with van der Waals surface area (Å²) in [5.41, 5.74) is 3.10. The second-order valence-electron chi connectivity index (χ2n) is 9.69. The molecule has 2 N–H and O–H groups in total. The van der Waals surface area contributed by atoms with Crippen LogP contribution >= 0.6 is 11.6 Å². The fourth-order valence-electron chi connectivity index (χ4n) is 5.60. The smallest absolute Gasteiger partial charge is 0.258 e. The first-order valence-electron chi connectivity index (χ1n) is 12.4. The molecule has 3 aromatic carbocycles. The molecular formula is C29H27ClFN3O4. The number of oxime groups is 1. The van der Waals surface area contributed by atoms with Crippen LogP contribution in [0.1, 0.15) is 52.0 Å². The van der Waals surface area contributed by atoms with E-state index in [1.54, 1.807) is 23.1 Å². The van der Waals surface area contributed by atoms with Crippen molar-refractivity contribution in [3.05, 3.63) is 88.2 Å². The topological polar surface area (TPSA) is 91.2 Å². The third-order valence-electron chi connectivity index (χ3n) is 7.54. The number of methoxy groups -OCH3 is 1. The maximum Gasteiger partial charge on any atom is 0.258 e. The minimum Gasteiger partial charge on any atom is -0.495 e. The number of ether oxygens (including phenoxy) is 1. The fraction of sp³-hybridized carbons (Fsp3) is 0.276. The van der Waals surface area contributed by atoms with Crippen molar-refractivity contribution in [1.29, 1.82) is 0 Å². The Hall–Kier alpha value is -3.91. The van der Waals surface area contributed by atoms with Gasteiger partial charge in [-0.1, -0.05) is 35.0 Å². The molecule has 0 bridgehead atoms. The van der Waals surface area contributed by atoms with Gasteiger partial charge in [-0.05, 0) is 80.1 Å². The van der Waals surface area contributed by atoms with E-state index in [1.807, 2.05) is 24.3 Å².